The molecule has 2 unspecified atom stereocenters. The van der Waals surface area contributed by atoms with E-state index in [1.54, 1.807) is 7.11 Å². The standard InChI is InChI=1S/C16H22BrNO2/c1-19-14-4-3-11(9-13(14)17)15(18)12-5-8-20-16(10-12)6-2-7-16/h3-4,9,12,15H,2,5-8,10,18H2,1H3. The molecule has 1 aliphatic carbocycles. The zero-order chi connectivity index (χ0) is 14.2. The maximum absolute atomic E-state index is 6.51. The van der Waals surface area contributed by atoms with Crippen LogP contribution in [0.15, 0.2) is 22.7 Å². The third kappa shape index (κ3) is 2.61. The number of benzene rings is 1. The van der Waals surface area contributed by atoms with Gasteiger partial charge in [0.2, 0.25) is 0 Å². The Balaban J connectivity index is 1.74. The lowest BCUT2D eigenvalue weighted by Gasteiger charge is -2.48. The predicted molar refractivity (Wildman–Crippen MR) is 82.9 cm³/mol. The normalized spacial score (nSPS) is 26.1. The molecule has 2 N–H and O–H groups in total. The zero-order valence-electron chi connectivity index (χ0n) is 11.9. The Hall–Kier alpha value is -0.580. The third-order valence-electron chi connectivity index (χ3n) is 4.86. The first-order valence-electron chi connectivity index (χ1n) is 7.36. The summed E-state index contributed by atoms with van der Waals surface area (Å²) in [7, 11) is 1.68. The summed E-state index contributed by atoms with van der Waals surface area (Å²) in [6, 6.07) is 6.24. The minimum Gasteiger partial charge on any atom is -0.496 e. The van der Waals surface area contributed by atoms with Crippen LogP contribution in [0.4, 0.5) is 0 Å². The van der Waals surface area contributed by atoms with E-state index in [-0.39, 0.29) is 11.6 Å². The molecule has 2 atom stereocenters. The van der Waals surface area contributed by atoms with Gasteiger partial charge in [0.05, 0.1) is 17.2 Å². The molecule has 2 aliphatic rings. The van der Waals surface area contributed by atoms with Gasteiger partial charge in [-0.2, -0.15) is 0 Å². The van der Waals surface area contributed by atoms with Crippen molar-refractivity contribution in [2.45, 2.75) is 43.7 Å². The summed E-state index contributed by atoms with van der Waals surface area (Å²) < 4.78 is 12.2. The van der Waals surface area contributed by atoms with Crippen LogP contribution < -0.4 is 10.5 Å². The number of methoxy groups -OCH3 is 1. The average molecular weight is 340 g/mol. The highest BCUT2D eigenvalue weighted by Gasteiger charge is 2.43. The molecule has 1 saturated heterocycles. The summed E-state index contributed by atoms with van der Waals surface area (Å²) in [5.41, 5.74) is 7.85. The summed E-state index contributed by atoms with van der Waals surface area (Å²) in [5.74, 6) is 1.37. The van der Waals surface area contributed by atoms with Gasteiger partial charge in [0.1, 0.15) is 5.75 Å². The van der Waals surface area contributed by atoms with Crippen LogP contribution in [-0.4, -0.2) is 19.3 Å². The van der Waals surface area contributed by atoms with E-state index in [9.17, 15) is 0 Å². The van der Waals surface area contributed by atoms with Crippen LogP contribution in [0.3, 0.4) is 0 Å². The van der Waals surface area contributed by atoms with E-state index in [0.717, 1.165) is 29.7 Å². The van der Waals surface area contributed by atoms with Gasteiger partial charge in [0.15, 0.2) is 0 Å². The smallest absolute Gasteiger partial charge is 0.133 e. The first-order valence-corrected chi connectivity index (χ1v) is 8.16. The van der Waals surface area contributed by atoms with Gasteiger partial charge in [-0.25, -0.2) is 0 Å². The summed E-state index contributed by atoms with van der Waals surface area (Å²) in [4.78, 5) is 0. The largest absolute Gasteiger partial charge is 0.496 e. The lowest BCUT2D eigenvalue weighted by Crippen LogP contribution is -2.47. The van der Waals surface area contributed by atoms with E-state index in [1.165, 1.54) is 24.8 Å². The van der Waals surface area contributed by atoms with E-state index in [4.69, 9.17) is 15.2 Å². The van der Waals surface area contributed by atoms with Crippen molar-refractivity contribution in [2.24, 2.45) is 11.7 Å². The molecule has 3 nitrogen and oxygen atoms in total. The van der Waals surface area contributed by atoms with Crippen molar-refractivity contribution in [1.82, 2.24) is 0 Å². The van der Waals surface area contributed by atoms with Crippen LogP contribution in [0.5, 0.6) is 5.75 Å². The van der Waals surface area contributed by atoms with Crippen molar-refractivity contribution in [1.29, 1.82) is 0 Å². The highest BCUT2D eigenvalue weighted by Crippen LogP contribution is 2.47. The Kier molecular flexibility index (Phi) is 4.07. The van der Waals surface area contributed by atoms with Crippen LogP contribution in [0.2, 0.25) is 0 Å². The van der Waals surface area contributed by atoms with E-state index < -0.39 is 0 Å². The second-order valence-electron chi connectivity index (χ2n) is 6.06. The summed E-state index contributed by atoms with van der Waals surface area (Å²) >= 11 is 3.54. The molecule has 0 radical (unpaired) electrons. The van der Waals surface area contributed by atoms with Crippen molar-refractivity contribution in [3.05, 3.63) is 28.2 Å². The molecule has 1 aromatic rings. The van der Waals surface area contributed by atoms with Crippen molar-refractivity contribution < 1.29 is 9.47 Å². The van der Waals surface area contributed by atoms with Crippen molar-refractivity contribution >= 4 is 15.9 Å². The molecule has 1 saturated carbocycles. The van der Waals surface area contributed by atoms with Gasteiger partial charge in [-0.05, 0) is 71.6 Å². The number of hydrogen-bond acceptors (Lipinski definition) is 3. The molecule has 20 heavy (non-hydrogen) atoms. The van der Waals surface area contributed by atoms with Gasteiger partial charge in [-0.1, -0.05) is 6.07 Å². The molecule has 110 valence electrons. The fraction of sp³-hybridized carbons (Fsp3) is 0.625. The van der Waals surface area contributed by atoms with Crippen molar-refractivity contribution in [2.75, 3.05) is 13.7 Å². The van der Waals surface area contributed by atoms with E-state index >= 15 is 0 Å². The van der Waals surface area contributed by atoms with E-state index in [0.29, 0.717) is 5.92 Å². The van der Waals surface area contributed by atoms with Gasteiger partial charge < -0.3 is 15.2 Å². The Labute approximate surface area is 129 Å². The first kappa shape index (κ1) is 14.4. The second-order valence-corrected chi connectivity index (χ2v) is 6.91. The van der Waals surface area contributed by atoms with Gasteiger partial charge in [0.25, 0.3) is 0 Å². The lowest BCUT2D eigenvalue weighted by molar-refractivity contribution is -0.146. The van der Waals surface area contributed by atoms with Crippen LogP contribution in [0.1, 0.15) is 43.7 Å². The lowest BCUT2D eigenvalue weighted by atomic mass is 9.70. The molecule has 1 spiro atoms. The Morgan fingerprint density at radius 3 is 2.85 bits per heavy atom. The molecule has 2 fully saturated rings. The fourth-order valence-corrected chi connectivity index (χ4v) is 4.01. The Morgan fingerprint density at radius 1 is 1.45 bits per heavy atom. The quantitative estimate of drug-likeness (QED) is 0.910. The van der Waals surface area contributed by atoms with Gasteiger partial charge in [-0.3, -0.25) is 0 Å². The number of nitrogens with two attached hydrogens (primary N) is 1. The summed E-state index contributed by atoms with van der Waals surface area (Å²) in [6.07, 6.45) is 5.89. The molecule has 3 rings (SSSR count). The second kappa shape index (κ2) is 5.66. The molecule has 1 heterocycles. The van der Waals surface area contributed by atoms with Crippen LogP contribution in [0, 0.1) is 5.92 Å². The molecule has 4 heteroatoms. The van der Waals surface area contributed by atoms with Crippen molar-refractivity contribution in [3.63, 3.8) is 0 Å². The molecular formula is C16H22BrNO2. The topological polar surface area (TPSA) is 44.5 Å². The molecule has 1 aromatic carbocycles. The van der Waals surface area contributed by atoms with Gasteiger partial charge in [-0.15, -0.1) is 0 Å². The minimum atomic E-state index is 0.0820. The van der Waals surface area contributed by atoms with Gasteiger partial charge in [0, 0.05) is 12.6 Å². The SMILES string of the molecule is COc1ccc(C(N)C2CCOC3(CCC3)C2)cc1Br. The van der Waals surface area contributed by atoms with Crippen molar-refractivity contribution in [3.8, 4) is 5.75 Å². The average Bonchev–Trinajstić information content (AvgIpc) is 2.45. The first-order chi connectivity index (χ1) is 9.63. The summed E-state index contributed by atoms with van der Waals surface area (Å²) in [6.45, 7) is 0.857. The van der Waals surface area contributed by atoms with Crippen LogP contribution in [0.25, 0.3) is 0 Å². The van der Waals surface area contributed by atoms with E-state index in [1.807, 2.05) is 6.07 Å². The molecule has 0 bridgehead atoms. The highest BCUT2D eigenvalue weighted by atomic mass is 79.9. The Morgan fingerprint density at radius 2 is 2.25 bits per heavy atom. The fourth-order valence-electron chi connectivity index (χ4n) is 3.45. The maximum atomic E-state index is 6.51. The monoisotopic (exact) mass is 339 g/mol. The number of rotatable bonds is 3. The van der Waals surface area contributed by atoms with Gasteiger partial charge >= 0.3 is 0 Å². The summed E-state index contributed by atoms with van der Waals surface area (Å²) in [5, 5.41) is 0. The number of hydrogen-bond donors (Lipinski definition) is 1. The van der Waals surface area contributed by atoms with E-state index in [2.05, 4.69) is 28.1 Å². The number of ether oxygens (including phenoxy) is 2. The minimum absolute atomic E-state index is 0.0820. The number of halogens is 1. The molecular weight excluding hydrogens is 318 g/mol. The molecule has 1 aliphatic heterocycles. The zero-order valence-corrected chi connectivity index (χ0v) is 13.5. The highest BCUT2D eigenvalue weighted by molar-refractivity contribution is 9.10. The molecule has 0 amide bonds. The Bertz CT molecular complexity index is 487. The molecule has 0 aromatic heterocycles. The van der Waals surface area contributed by atoms with Crippen LogP contribution in [-0.2, 0) is 4.74 Å². The van der Waals surface area contributed by atoms with Crippen LogP contribution >= 0.6 is 15.9 Å². The predicted octanol–water partition coefficient (Wildman–Crippen LogP) is 3.81. The maximum Gasteiger partial charge on any atom is 0.133 e. The third-order valence-corrected chi connectivity index (χ3v) is 5.48.